The minimum Gasteiger partial charge on any atom is -0.276 e. The van der Waals surface area contributed by atoms with Crippen molar-refractivity contribution in [2.45, 2.75) is 6.92 Å². The first-order valence-corrected chi connectivity index (χ1v) is 3.31. The summed E-state index contributed by atoms with van der Waals surface area (Å²) in [5, 5.41) is 0. The van der Waals surface area contributed by atoms with E-state index in [0.29, 0.717) is 0 Å². The lowest BCUT2D eigenvalue weighted by atomic mass is 10.7. The minimum absolute atomic E-state index is 0.0417. The summed E-state index contributed by atoms with van der Waals surface area (Å²) in [6.45, 7) is 1.45. The van der Waals surface area contributed by atoms with Gasteiger partial charge in [-0.05, 0) is 10.7 Å². The van der Waals surface area contributed by atoms with Crippen molar-refractivity contribution in [3.63, 3.8) is 0 Å². The van der Waals surface area contributed by atoms with Gasteiger partial charge in [-0.15, -0.1) is 0 Å². The molecule has 0 rings (SSSR count). The van der Waals surface area contributed by atoms with Crippen LogP contribution in [0.2, 0.25) is 0 Å². The first-order chi connectivity index (χ1) is 3.18. The second-order valence-corrected chi connectivity index (χ2v) is 2.19. The van der Waals surface area contributed by atoms with Crippen LogP contribution in [0.1, 0.15) is 6.92 Å². The fourth-order valence-corrected chi connectivity index (χ4v) is 0.437. The standard InChI is InChI=1S/C3H6ClNOS/c1-3(6)5(2)7-4/h1-2H3. The van der Waals surface area contributed by atoms with E-state index in [9.17, 15) is 4.79 Å². The van der Waals surface area contributed by atoms with Crippen LogP contribution in [-0.4, -0.2) is 17.3 Å². The number of hydrogen-bond acceptors (Lipinski definition) is 2. The third kappa shape index (κ3) is 2.76. The van der Waals surface area contributed by atoms with Gasteiger partial charge in [0, 0.05) is 14.0 Å². The quantitative estimate of drug-likeness (QED) is 0.510. The fourth-order valence-electron chi connectivity index (χ4n) is 0.0486. The van der Waals surface area contributed by atoms with Gasteiger partial charge < -0.3 is 0 Å². The Labute approximate surface area is 51.5 Å². The Morgan fingerprint density at radius 3 is 2.29 bits per heavy atom. The van der Waals surface area contributed by atoms with Crippen molar-refractivity contribution < 1.29 is 4.79 Å². The van der Waals surface area contributed by atoms with E-state index in [4.69, 9.17) is 10.7 Å². The highest BCUT2D eigenvalue weighted by molar-refractivity contribution is 8.19. The van der Waals surface area contributed by atoms with Crippen LogP contribution in [-0.2, 0) is 4.79 Å². The number of carbonyl (C=O) groups is 1. The van der Waals surface area contributed by atoms with Gasteiger partial charge in [-0.1, -0.05) is 0 Å². The number of carbonyl (C=O) groups excluding carboxylic acids is 1. The van der Waals surface area contributed by atoms with Gasteiger partial charge in [0.25, 0.3) is 0 Å². The van der Waals surface area contributed by atoms with Crippen molar-refractivity contribution in [1.29, 1.82) is 0 Å². The van der Waals surface area contributed by atoms with Crippen molar-refractivity contribution in [3.05, 3.63) is 0 Å². The maximum atomic E-state index is 10.2. The molecule has 0 aliphatic carbocycles. The molecule has 0 spiro atoms. The summed E-state index contributed by atoms with van der Waals surface area (Å²) in [6, 6.07) is 0. The maximum absolute atomic E-state index is 10.2. The molecule has 0 N–H and O–H groups in total. The summed E-state index contributed by atoms with van der Waals surface area (Å²) in [6.07, 6.45) is 0. The first-order valence-electron chi connectivity index (χ1n) is 1.71. The summed E-state index contributed by atoms with van der Waals surface area (Å²) < 4.78 is 1.33. The van der Waals surface area contributed by atoms with Crippen molar-refractivity contribution in [3.8, 4) is 0 Å². The third-order valence-electron chi connectivity index (χ3n) is 0.547. The average molecular weight is 140 g/mol. The number of rotatable bonds is 1. The highest BCUT2D eigenvalue weighted by atomic mass is 35.7. The molecule has 0 saturated heterocycles. The van der Waals surface area contributed by atoms with Crippen LogP contribution in [0.4, 0.5) is 0 Å². The molecule has 0 saturated carbocycles. The summed E-state index contributed by atoms with van der Waals surface area (Å²) >= 11 is 0.889. The van der Waals surface area contributed by atoms with E-state index in [0.717, 1.165) is 11.2 Å². The van der Waals surface area contributed by atoms with Crippen LogP contribution >= 0.6 is 21.8 Å². The lowest BCUT2D eigenvalue weighted by molar-refractivity contribution is -0.122. The number of nitrogens with zero attached hydrogens (tertiary/aromatic N) is 1. The number of amides is 1. The molecule has 2 nitrogen and oxygen atoms in total. The predicted molar refractivity (Wildman–Crippen MR) is 31.9 cm³/mol. The van der Waals surface area contributed by atoms with Gasteiger partial charge in [-0.3, -0.25) is 9.10 Å². The predicted octanol–water partition coefficient (Wildman–Crippen LogP) is 1.27. The highest BCUT2D eigenvalue weighted by Gasteiger charge is 1.96. The van der Waals surface area contributed by atoms with Crippen LogP contribution in [0.15, 0.2) is 0 Å². The molecule has 0 aromatic heterocycles. The fraction of sp³-hybridized carbons (Fsp3) is 0.667. The second-order valence-electron chi connectivity index (χ2n) is 1.09. The van der Waals surface area contributed by atoms with E-state index in [1.807, 2.05) is 0 Å². The summed E-state index contributed by atoms with van der Waals surface area (Å²) in [7, 11) is 6.78. The molecule has 0 aromatic rings. The largest absolute Gasteiger partial charge is 0.276 e. The second kappa shape index (κ2) is 3.16. The molecule has 0 unspecified atom stereocenters. The zero-order valence-corrected chi connectivity index (χ0v) is 5.71. The monoisotopic (exact) mass is 139 g/mol. The van der Waals surface area contributed by atoms with Crippen LogP contribution in [0, 0.1) is 0 Å². The van der Waals surface area contributed by atoms with E-state index in [1.165, 1.54) is 11.2 Å². The van der Waals surface area contributed by atoms with Crippen molar-refractivity contribution in [1.82, 2.24) is 4.31 Å². The Morgan fingerprint density at radius 1 is 1.86 bits per heavy atom. The molecule has 0 aliphatic heterocycles. The van der Waals surface area contributed by atoms with E-state index >= 15 is 0 Å². The Bertz CT molecular complexity index is 77.3. The van der Waals surface area contributed by atoms with Crippen LogP contribution in [0.25, 0.3) is 0 Å². The van der Waals surface area contributed by atoms with Crippen LogP contribution in [0.3, 0.4) is 0 Å². The normalized spacial score (nSPS) is 8.43. The summed E-state index contributed by atoms with van der Waals surface area (Å²) in [4.78, 5) is 10.2. The lowest BCUT2D eigenvalue weighted by Crippen LogP contribution is -2.12. The van der Waals surface area contributed by atoms with E-state index in [-0.39, 0.29) is 5.91 Å². The highest BCUT2D eigenvalue weighted by Crippen LogP contribution is 2.10. The Balaban J connectivity index is 3.34. The Morgan fingerprint density at radius 2 is 2.29 bits per heavy atom. The number of hydrogen-bond donors (Lipinski definition) is 0. The van der Waals surface area contributed by atoms with Gasteiger partial charge in [0.05, 0.1) is 11.2 Å². The molecule has 1 amide bonds. The molecule has 0 atom stereocenters. The summed E-state index contributed by atoms with van der Waals surface area (Å²) in [5.41, 5.74) is 0. The average Bonchev–Trinajstić information content (AvgIpc) is 1.65. The van der Waals surface area contributed by atoms with Gasteiger partial charge in [0.15, 0.2) is 0 Å². The van der Waals surface area contributed by atoms with Crippen LogP contribution < -0.4 is 0 Å². The molecule has 0 radical (unpaired) electrons. The van der Waals surface area contributed by atoms with Crippen molar-refractivity contribution in [2.75, 3.05) is 7.05 Å². The molecule has 0 aliphatic rings. The zero-order valence-electron chi connectivity index (χ0n) is 4.14. The molecule has 4 heteroatoms. The van der Waals surface area contributed by atoms with Gasteiger partial charge >= 0.3 is 0 Å². The molecule has 0 aromatic carbocycles. The molecule has 0 fully saturated rings. The van der Waals surface area contributed by atoms with Gasteiger partial charge in [-0.25, -0.2) is 0 Å². The number of halogens is 1. The van der Waals surface area contributed by atoms with Crippen LogP contribution in [0.5, 0.6) is 0 Å². The van der Waals surface area contributed by atoms with Crippen molar-refractivity contribution >= 4 is 27.8 Å². The molecule has 7 heavy (non-hydrogen) atoms. The van der Waals surface area contributed by atoms with E-state index < -0.39 is 0 Å². The van der Waals surface area contributed by atoms with Gasteiger partial charge in [0.1, 0.15) is 0 Å². The summed E-state index contributed by atoms with van der Waals surface area (Å²) in [5.74, 6) is -0.0417. The maximum Gasteiger partial charge on any atom is 0.229 e. The SMILES string of the molecule is CC(=O)N(C)SCl. The lowest BCUT2D eigenvalue weighted by Gasteiger charge is -2.04. The molecule has 0 heterocycles. The van der Waals surface area contributed by atoms with Gasteiger partial charge in [0.2, 0.25) is 5.91 Å². The van der Waals surface area contributed by atoms with E-state index in [2.05, 4.69) is 0 Å². The van der Waals surface area contributed by atoms with Gasteiger partial charge in [-0.2, -0.15) is 0 Å². The molecular weight excluding hydrogens is 134 g/mol. The smallest absolute Gasteiger partial charge is 0.229 e. The third-order valence-corrected chi connectivity index (χ3v) is 1.63. The zero-order chi connectivity index (χ0) is 5.86. The Kier molecular flexibility index (Phi) is 3.21. The molecular formula is C3H6ClNOS. The molecule has 42 valence electrons. The van der Waals surface area contributed by atoms with Crippen molar-refractivity contribution in [2.24, 2.45) is 0 Å². The molecule has 0 bridgehead atoms. The minimum atomic E-state index is -0.0417. The Hall–Kier alpha value is 0.110. The first kappa shape index (κ1) is 7.11. The topological polar surface area (TPSA) is 20.3 Å². The van der Waals surface area contributed by atoms with E-state index in [1.54, 1.807) is 7.05 Å².